The van der Waals surface area contributed by atoms with E-state index < -0.39 is 41.1 Å². The molecule has 1 heterocycles. The number of esters is 3. The van der Waals surface area contributed by atoms with Crippen LogP contribution in [-0.4, -0.2) is 53.6 Å². The summed E-state index contributed by atoms with van der Waals surface area (Å²) >= 11 is 0. The minimum atomic E-state index is -0.981. The first-order valence-corrected chi connectivity index (χ1v) is 16.0. The number of fused-ring (bicyclic) bond motifs is 2. The Balaban J connectivity index is 1.77. The van der Waals surface area contributed by atoms with E-state index in [0.717, 1.165) is 5.56 Å². The summed E-state index contributed by atoms with van der Waals surface area (Å²) in [7, 11) is 0. The van der Waals surface area contributed by atoms with Gasteiger partial charge in [0.2, 0.25) is 0 Å². The first kappa shape index (κ1) is 36.4. The van der Waals surface area contributed by atoms with Gasteiger partial charge in [-0.1, -0.05) is 18.2 Å². The summed E-state index contributed by atoms with van der Waals surface area (Å²) in [5.74, 6) is -2.43. The highest BCUT2D eigenvalue weighted by Gasteiger charge is 2.29. The summed E-state index contributed by atoms with van der Waals surface area (Å²) in [4.78, 5) is 57.0. The van der Waals surface area contributed by atoms with E-state index >= 15 is 0 Å². The minimum Gasteiger partial charge on any atom is -0.489 e. The van der Waals surface area contributed by atoms with Crippen molar-refractivity contribution < 1.29 is 38.1 Å². The Morgan fingerprint density at radius 2 is 1.65 bits per heavy atom. The zero-order valence-electron chi connectivity index (χ0n) is 29.0. The number of aryl methyl sites for hydroxylation is 1. The summed E-state index contributed by atoms with van der Waals surface area (Å²) in [6, 6.07) is 14.1. The van der Waals surface area contributed by atoms with E-state index in [4.69, 9.17) is 30.4 Å². The minimum absolute atomic E-state index is 0.0337. The molecule has 0 bridgehead atoms. The maximum atomic E-state index is 13.8. The average molecular weight is 673 g/mol. The van der Waals surface area contributed by atoms with Gasteiger partial charge in [0, 0.05) is 12.0 Å². The number of carbonyl (C=O) groups excluding carboxylic acids is 4. The van der Waals surface area contributed by atoms with Crippen LogP contribution in [0.3, 0.4) is 0 Å². The Labute approximate surface area is 286 Å². The third-order valence-electron chi connectivity index (χ3n) is 7.10. The zero-order chi connectivity index (χ0) is 36.1. The molecule has 1 atom stereocenters. The molecule has 1 aliphatic rings. The number of nitrogens with zero attached hydrogens (tertiary/aromatic N) is 1. The molecule has 0 aliphatic carbocycles. The zero-order valence-corrected chi connectivity index (χ0v) is 29.0. The lowest BCUT2D eigenvalue weighted by atomic mass is 9.98. The molecule has 260 valence electrons. The van der Waals surface area contributed by atoms with Crippen molar-refractivity contribution >= 4 is 35.5 Å². The van der Waals surface area contributed by atoms with Crippen LogP contribution in [0.4, 0.5) is 5.69 Å². The van der Waals surface area contributed by atoms with Crippen LogP contribution in [0.5, 0.6) is 11.5 Å². The van der Waals surface area contributed by atoms with Gasteiger partial charge in [-0.3, -0.25) is 4.79 Å². The number of hydrogen-bond donors (Lipinski definition) is 3. The number of benzene rings is 3. The Morgan fingerprint density at radius 1 is 0.939 bits per heavy atom. The second kappa shape index (κ2) is 14.8. The van der Waals surface area contributed by atoms with Gasteiger partial charge < -0.3 is 35.7 Å². The number of rotatable bonds is 7. The lowest BCUT2D eigenvalue weighted by molar-refractivity contribution is -0.156. The average Bonchev–Trinajstić information content (AvgIpc) is 2.98. The lowest BCUT2D eigenvalue weighted by Gasteiger charge is -2.24. The molecule has 5 N–H and O–H groups in total. The van der Waals surface area contributed by atoms with E-state index in [-0.39, 0.29) is 36.0 Å². The number of amides is 1. The molecule has 49 heavy (non-hydrogen) atoms. The predicted octanol–water partition coefficient (Wildman–Crippen LogP) is 5.14. The summed E-state index contributed by atoms with van der Waals surface area (Å²) in [6.07, 6.45) is 1.12. The molecule has 4 rings (SSSR count). The van der Waals surface area contributed by atoms with E-state index in [1.807, 2.05) is 6.07 Å². The van der Waals surface area contributed by atoms with Crippen LogP contribution >= 0.6 is 0 Å². The summed E-state index contributed by atoms with van der Waals surface area (Å²) in [5.41, 5.74) is 12.8. The molecule has 0 spiro atoms. The van der Waals surface area contributed by atoms with E-state index in [0.29, 0.717) is 40.8 Å². The van der Waals surface area contributed by atoms with Crippen molar-refractivity contribution in [3.05, 3.63) is 88.0 Å². The molecule has 0 saturated heterocycles. The third kappa shape index (κ3) is 10.1. The van der Waals surface area contributed by atoms with Crippen molar-refractivity contribution in [3.63, 3.8) is 0 Å². The van der Waals surface area contributed by atoms with Crippen molar-refractivity contribution in [2.75, 3.05) is 6.61 Å². The van der Waals surface area contributed by atoms with Gasteiger partial charge in [-0.2, -0.15) is 0 Å². The molecule has 0 saturated carbocycles. The monoisotopic (exact) mass is 672 g/mol. The van der Waals surface area contributed by atoms with Gasteiger partial charge in [0.1, 0.15) is 17.2 Å². The molecule has 1 aliphatic heterocycles. The predicted molar refractivity (Wildman–Crippen MR) is 184 cm³/mol. The number of carbonyl (C=O) groups is 4. The van der Waals surface area contributed by atoms with Crippen LogP contribution in [0.15, 0.2) is 59.6 Å². The molecule has 3 aromatic rings. The maximum Gasteiger partial charge on any atom is 0.343 e. The van der Waals surface area contributed by atoms with Crippen LogP contribution in [0.25, 0.3) is 0 Å². The maximum absolute atomic E-state index is 13.8. The second-order valence-electron chi connectivity index (χ2n) is 13.8. The molecule has 12 heteroatoms. The second-order valence-corrected chi connectivity index (χ2v) is 13.8. The number of nitrogens with one attached hydrogen (secondary N) is 1. The number of aliphatic imine (C=N–C) groups is 1. The van der Waals surface area contributed by atoms with Gasteiger partial charge in [0.25, 0.3) is 5.91 Å². The van der Waals surface area contributed by atoms with Crippen molar-refractivity contribution in [2.24, 2.45) is 16.5 Å². The van der Waals surface area contributed by atoms with Gasteiger partial charge in [-0.15, -0.1) is 0 Å². The highest BCUT2D eigenvalue weighted by Crippen LogP contribution is 2.38. The number of guanidine groups is 1. The van der Waals surface area contributed by atoms with E-state index in [9.17, 15) is 19.2 Å². The number of nitrogens with two attached hydrogens (primary N) is 2. The van der Waals surface area contributed by atoms with E-state index in [2.05, 4.69) is 10.3 Å². The standard InChI is InChI=1S/C37H44N4O8/c1-21(32(43)48-36(2,3)4)40-31(42)28-15-13-24(18-22-10-8-11-25(19-22)33(44)49-37(5,6)7)29-30(28)46-17-9-12-23-20-26(41-35(38)39)14-16-27(23)34(45)47-29/h8,10-11,13-16,19-21H,9,12,17-18H2,1-7H3,(H,40,42)(H4,38,39,41)/t21-/m0/s1. The van der Waals surface area contributed by atoms with Crippen LogP contribution in [0.2, 0.25) is 0 Å². The van der Waals surface area contributed by atoms with Crippen molar-refractivity contribution in [1.82, 2.24) is 5.32 Å². The normalized spacial score (nSPS) is 13.7. The molecule has 12 nitrogen and oxygen atoms in total. The van der Waals surface area contributed by atoms with Gasteiger partial charge in [0.15, 0.2) is 17.5 Å². The molecule has 0 radical (unpaired) electrons. The van der Waals surface area contributed by atoms with Crippen LogP contribution in [-0.2, 0) is 27.1 Å². The van der Waals surface area contributed by atoms with Gasteiger partial charge in [-0.05, 0) is 109 Å². The molecule has 3 aromatic carbocycles. The molecule has 0 unspecified atom stereocenters. The van der Waals surface area contributed by atoms with Crippen LogP contribution in [0.1, 0.15) is 103 Å². The molecule has 0 fully saturated rings. The number of hydrogen-bond acceptors (Lipinski definition) is 9. The summed E-state index contributed by atoms with van der Waals surface area (Å²) in [6.45, 7) is 12.3. The lowest BCUT2D eigenvalue weighted by Crippen LogP contribution is -2.42. The highest BCUT2D eigenvalue weighted by atomic mass is 16.6. The summed E-state index contributed by atoms with van der Waals surface area (Å²) < 4.78 is 23.2. The van der Waals surface area contributed by atoms with Crippen molar-refractivity contribution in [2.45, 2.75) is 85.0 Å². The largest absolute Gasteiger partial charge is 0.489 e. The first-order chi connectivity index (χ1) is 22.9. The molecular formula is C37H44N4O8. The fourth-order valence-corrected chi connectivity index (χ4v) is 5.05. The Kier molecular flexibility index (Phi) is 11.0. The van der Waals surface area contributed by atoms with Crippen molar-refractivity contribution in [1.29, 1.82) is 0 Å². The number of ether oxygens (including phenoxy) is 4. The smallest absolute Gasteiger partial charge is 0.343 e. The third-order valence-corrected chi connectivity index (χ3v) is 7.10. The van der Waals surface area contributed by atoms with Gasteiger partial charge >= 0.3 is 17.9 Å². The Hall–Kier alpha value is -5.39. The molecule has 0 aromatic heterocycles. The van der Waals surface area contributed by atoms with E-state index in [1.54, 1.807) is 90.1 Å². The quantitative estimate of drug-likeness (QED) is 0.132. The SMILES string of the molecule is C[C@H](NC(=O)c1ccc(Cc2cccc(C(=O)OC(C)(C)C)c2)c2c1OCCCc1cc(N=C(N)N)ccc1C(=O)O2)C(=O)OC(C)(C)C. The summed E-state index contributed by atoms with van der Waals surface area (Å²) in [5, 5.41) is 2.67. The Bertz CT molecular complexity index is 1780. The Morgan fingerprint density at radius 3 is 2.33 bits per heavy atom. The van der Waals surface area contributed by atoms with Gasteiger partial charge in [0.05, 0.1) is 29.0 Å². The van der Waals surface area contributed by atoms with Gasteiger partial charge in [-0.25, -0.2) is 19.4 Å². The highest BCUT2D eigenvalue weighted by molar-refractivity contribution is 6.01. The fourth-order valence-electron chi connectivity index (χ4n) is 5.05. The topological polar surface area (TPSA) is 182 Å². The van der Waals surface area contributed by atoms with Crippen LogP contribution < -0.4 is 26.3 Å². The first-order valence-electron chi connectivity index (χ1n) is 16.0. The molecule has 1 amide bonds. The fraction of sp³-hybridized carbons (Fsp3) is 0.378. The van der Waals surface area contributed by atoms with E-state index in [1.165, 1.54) is 6.92 Å². The molecular weight excluding hydrogens is 628 g/mol. The van der Waals surface area contributed by atoms with Crippen molar-refractivity contribution in [3.8, 4) is 11.5 Å². The van der Waals surface area contributed by atoms with Crippen LogP contribution in [0, 0.1) is 0 Å².